The fourth-order valence-corrected chi connectivity index (χ4v) is 2.08. The number of benzene rings is 2. The van der Waals surface area contributed by atoms with Gasteiger partial charge in [0.1, 0.15) is 11.6 Å². The molecule has 0 spiro atoms. The van der Waals surface area contributed by atoms with Gasteiger partial charge in [-0.15, -0.1) is 0 Å². The summed E-state index contributed by atoms with van der Waals surface area (Å²) in [6.07, 6.45) is 0. The first-order chi connectivity index (χ1) is 9.97. The number of aromatic hydroxyl groups is 1. The SMILES string of the molecule is CC(=O)Nc1cc(NC(C)c2ccccc2O)ccc1F. The third kappa shape index (κ3) is 3.72. The van der Waals surface area contributed by atoms with Crippen LogP contribution in [0.15, 0.2) is 42.5 Å². The normalized spacial score (nSPS) is 11.8. The maximum absolute atomic E-state index is 13.6. The van der Waals surface area contributed by atoms with E-state index in [1.807, 2.05) is 19.1 Å². The topological polar surface area (TPSA) is 61.4 Å². The number of halogens is 1. The molecule has 3 N–H and O–H groups in total. The largest absolute Gasteiger partial charge is 0.508 e. The molecule has 0 saturated heterocycles. The summed E-state index contributed by atoms with van der Waals surface area (Å²) >= 11 is 0. The highest BCUT2D eigenvalue weighted by Gasteiger charge is 2.11. The summed E-state index contributed by atoms with van der Waals surface area (Å²) in [7, 11) is 0. The Bertz CT molecular complexity index is 658. The van der Waals surface area contributed by atoms with E-state index in [4.69, 9.17) is 0 Å². The van der Waals surface area contributed by atoms with Gasteiger partial charge in [-0.3, -0.25) is 4.79 Å². The zero-order valence-corrected chi connectivity index (χ0v) is 11.9. The second-order valence-corrected chi connectivity index (χ2v) is 4.80. The summed E-state index contributed by atoms with van der Waals surface area (Å²) in [6, 6.07) is 11.2. The van der Waals surface area contributed by atoms with Gasteiger partial charge in [-0.2, -0.15) is 0 Å². The van der Waals surface area contributed by atoms with Crippen molar-refractivity contribution in [1.82, 2.24) is 0 Å². The van der Waals surface area contributed by atoms with Crippen LogP contribution >= 0.6 is 0 Å². The Kier molecular flexibility index (Phi) is 4.42. The molecule has 0 aliphatic rings. The van der Waals surface area contributed by atoms with Crippen molar-refractivity contribution in [3.8, 4) is 5.75 Å². The predicted octanol–water partition coefficient (Wildman–Crippen LogP) is 3.66. The molecule has 0 aliphatic carbocycles. The number of hydrogen-bond donors (Lipinski definition) is 3. The monoisotopic (exact) mass is 288 g/mol. The van der Waals surface area contributed by atoms with Crippen molar-refractivity contribution in [2.24, 2.45) is 0 Å². The number of rotatable bonds is 4. The first-order valence-corrected chi connectivity index (χ1v) is 6.59. The van der Waals surface area contributed by atoms with Gasteiger partial charge in [0.25, 0.3) is 0 Å². The highest BCUT2D eigenvalue weighted by Crippen LogP contribution is 2.28. The number of phenols is 1. The summed E-state index contributed by atoms with van der Waals surface area (Å²) in [6.45, 7) is 3.21. The summed E-state index contributed by atoms with van der Waals surface area (Å²) < 4.78 is 13.6. The van der Waals surface area contributed by atoms with Gasteiger partial charge in [0.15, 0.2) is 0 Å². The lowest BCUT2D eigenvalue weighted by Gasteiger charge is -2.17. The number of carbonyl (C=O) groups excluding carboxylic acids is 1. The Hall–Kier alpha value is -2.56. The van der Waals surface area contributed by atoms with Gasteiger partial charge in [-0.05, 0) is 31.2 Å². The summed E-state index contributed by atoms with van der Waals surface area (Å²) in [5.41, 5.74) is 1.51. The van der Waals surface area contributed by atoms with Crippen molar-refractivity contribution in [3.63, 3.8) is 0 Å². The minimum Gasteiger partial charge on any atom is -0.508 e. The van der Waals surface area contributed by atoms with Crippen LogP contribution in [0.4, 0.5) is 15.8 Å². The first-order valence-electron chi connectivity index (χ1n) is 6.59. The van der Waals surface area contributed by atoms with Crippen molar-refractivity contribution in [2.45, 2.75) is 19.9 Å². The van der Waals surface area contributed by atoms with Gasteiger partial charge < -0.3 is 15.7 Å². The number of hydrogen-bond acceptors (Lipinski definition) is 3. The number of para-hydroxylation sites is 1. The molecule has 2 aromatic carbocycles. The second-order valence-electron chi connectivity index (χ2n) is 4.80. The summed E-state index contributed by atoms with van der Waals surface area (Å²) in [5.74, 6) is -0.632. The third-order valence-electron chi connectivity index (χ3n) is 3.06. The standard InChI is InChI=1S/C16H17FN2O2/c1-10(13-5-3-4-6-16(13)21)18-12-7-8-14(17)15(9-12)19-11(2)20/h3-10,18,21H,1-2H3,(H,19,20). The van der Waals surface area contributed by atoms with Crippen molar-refractivity contribution < 1.29 is 14.3 Å². The lowest BCUT2D eigenvalue weighted by molar-refractivity contribution is -0.114. The van der Waals surface area contributed by atoms with E-state index in [9.17, 15) is 14.3 Å². The minimum absolute atomic E-state index is 0.122. The molecule has 0 bridgehead atoms. The molecule has 4 nitrogen and oxygen atoms in total. The average molecular weight is 288 g/mol. The first kappa shape index (κ1) is 14.8. The van der Waals surface area contributed by atoms with Crippen LogP contribution in [0, 0.1) is 5.82 Å². The van der Waals surface area contributed by atoms with E-state index in [2.05, 4.69) is 10.6 Å². The highest BCUT2D eigenvalue weighted by atomic mass is 19.1. The van der Waals surface area contributed by atoms with Gasteiger partial charge >= 0.3 is 0 Å². The van der Waals surface area contributed by atoms with Crippen LogP contribution in [0.25, 0.3) is 0 Å². The van der Waals surface area contributed by atoms with Crippen LogP contribution in [0.3, 0.4) is 0 Å². The summed E-state index contributed by atoms with van der Waals surface area (Å²) in [4.78, 5) is 11.0. The smallest absolute Gasteiger partial charge is 0.221 e. The van der Waals surface area contributed by atoms with Crippen LogP contribution < -0.4 is 10.6 Å². The molecule has 1 amide bonds. The van der Waals surface area contributed by atoms with Crippen LogP contribution in [0.1, 0.15) is 25.5 Å². The Balaban J connectivity index is 2.20. The Morgan fingerprint density at radius 2 is 1.95 bits per heavy atom. The van der Waals surface area contributed by atoms with Crippen LogP contribution in [0.5, 0.6) is 5.75 Å². The molecule has 0 aliphatic heterocycles. The zero-order chi connectivity index (χ0) is 15.4. The molecule has 0 fully saturated rings. The van der Waals surface area contributed by atoms with E-state index < -0.39 is 5.82 Å². The molecular formula is C16H17FN2O2. The molecule has 1 unspecified atom stereocenters. The van der Waals surface area contributed by atoms with Crippen LogP contribution in [-0.4, -0.2) is 11.0 Å². The van der Waals surface area contributed by atoms with Crippen molar-refractivity contribution in [2.75, 3.05) is 10.6 Å². The quantitative estimate of drug-likeness (QED) is 0.804. The summed E-state index contributed by atoms with van der Waals surface area (Å²) in [5, 5.41) is 15.4. The minimum atomic E-state index is -0.494. The van der Waals surface area contributed by atoms with Gasteiger partial charge in [0.2, 0.25) is 5.91 Å². The maximum Gasteiger partial charge on any atom is 0.221 e. The predicted molar refractivity (Wildman–Crippen MR) is 80.8 cm³/mol. The van der Waals surface area contributed by atoms with Crippen molar-refractivity contribution in [3.05, 3.63) is 53.8 Å². The van der Waals surface area contributed by atoms with Gasteiger partial charge in [0, 0.05) is 18.2 Å². The fourth-order valence-electron chi connectivity index (χ4n) is 2.08. The van der Waals surface area contributed by atoms with E-state index in [-0.39, 0.29) is 23.4 Å². The average Bonchev–Trinajstić information content (AvgIpc) is 2.42. The molecular weight excluding hydrogens is 271 g/mol. The molecule has 0 saturated carbocycles. The Morgan fingerprint density at radius 1 is 1.24 bits per heavy atom. The fraction of sp³-hybridized carbons (Fsp3) is 0.188. The van der Waals surface area contributed by atoms with Gasteiger partial charge in [-0.1, -0.05) is 18.2 Å². The number of anilines is 2. The second kappa shape index (κ2) is 6.26. The van der Waals surface area contributed by atoms with E-state index in [1.165, 1.54) is 19.1 Å². The van der Waals surface area contributed by atoms with E-state index in [0.29, 0.717) is 5.69 Å². The number of phenolic OH excluding ortho intramolecular Hbond substituents is 1. The molecule has 0 aromatic heterocycles. The van der Waals surface area contributed by atoms with E-state index >= 15 is 0 Å². The van der Waals surface area contributed by atoms with Crippen molar-refractivity contribution in [1.29, 1.82) is 0 Å². The van der Waals surface area contributed by atoms with Gasteiger partial charge in [-0.25, -0.2) is 4.39 Å². The molecule has 110 valence electrons. The molecule has 0 heterocycles. The Labute approximate surface area is 122 Å². The van der Waals surface area contributed by atoms with Crippen LogP contribution in [0.2, 0.25) is 0 Å². The molecule has 0 radical (unpaired) electrons. The molecule has 21 heavy (non-hydrogen) atoms. The molecule has 5 heteroatoms. The van der Waals surface area contributed by atoms with Gasteiger partial charge in [0.05, 0.1) is 11.7 Å². The number of amides is 1. The van der Waals surface area contributed by atoms with Crippen LogP contribution in [-0.2, 0) is 4.79 Å². The highest BCUT2D eigenvalue weighted by molar-refractivity contribution is 5.89. The molecule has 2 rings (SSSR count). The number of carbonyl (C=O) groups is 1. The zero-order valence-electron chi connectivity index (χ0n) is 11.9. The third-order valence-corrected chi connectivity index (χ3v) is 3.06. The number of nitrogens with one attached hydrogen (secondary N) is 2. The van der Waals surface area contributed by atoms with Crippen molar-refractivity contribution >= 4 is 17.3 Å². The maximum atomic E-state index is 13.6. The van der Waals surface area contributed by atoms with E-state index in [1.54, 1.807) is 18.2 Å². The molecule has 1 atom stereocenters. The lowest BCUT2D eigenvalue weighted by atomic mass is 10.1. The Morgan fingerprint density at radius 3 is 2.62 bits per heavy atom. The van der Waals surface area contributed by atoms with E-state index in [0.717, 1.165) is 5.56 Å². The lowest BCUT2D eigenvalue weighted by Crippen LogP contribution is -2.10. The molecule has 2 aromatic rings.